The van der Waals surface area contributed by atoms with Crippen LogP contribution in [0.25, 0.3) is 11.3 Å². The molecule has 1 aromatic carbocycles. The summed E-state index contributed by atoms with van der Waals surface area (Å²) in [5.41, 5.74) is 6.15. The van der Waals surface area contributed by atoms with Gasteiger partial charge in [-0.3, -0.25) is 0 Å². The number of nitrogen functional groups attached to an aromatic ring is 1. The summed E-state index contributed by atoms with van der Waals surface area (Å²) in [4.78, 5) is 3.85. The summed E-state index contributed by atoms with van der Waals surface area (Å²) < 4.78 is 21.0. The molecule has 0 radical (unpaired) electrons. The van der Waals surface area contributed by atoms with Crippen molar-refractivity contribution in [1.29, 1.82) is 0 Å². The number of benzene rings is 1. The average molecular weight is 250 g/mol. The summed E-state index contributed by atoms with van der Waals surface area (Å²) in [6.07, 6.45) is 1.53. The van der Waals surface area contributed by atoms with Gasteiger partial charge in [0.05, 0.1) is 33.1 Å². The van der Waals surface area contributed by atoms with Gasteiger partial charge < -0.3 is 24.4 Å². The molecule has 0 saturated heterocycles. The zero-order valence-corrected chi connectivity index (χ0v) is 10.4. The zero-order chi connectivity index (χ0) is 13.1. The summed E-state index contributed by atoms with van der Waals surface area (Å²) in [6.45, 7) is 0. The minimum atomic E-state index is 0.0989. The van der Waals surface area contributed by atoms with Crippen LogP contribution in [0.2, 0.25) is 0 Å². The number of hydrogen-bond donors (Lipinski definition) is 1. The van der Waals surface area contributed by atoms with Crippen molar-refractivity contribution in [2.24, 2.45) is 0 Å². The topological polar surface area (TPSA) is 79.7 Å². The molecule has 0 unspecified atom stereocenters. The Morgan fingerprint density at radius 1 is 1.00 bits per heavy atom. The fourth-order valence-electron chi connectivity index (χ4n) is 1.63. The second-order valence-corrected chi connectivity index (χ2v) is 3.47. The van der Waals surface area contributed by atoms with E-state index in [2.05, 4.69) is 4.98 Å². The summed E-state index contributed by atoms with van der Waals surface area (Å²) >= 11 is 0. The fraction of sp³-hybridized carbons (Fsp3) is 0.250. The van der Waals surface area contributed by atoms with Crippen LogP contribution in [-0.4, -0.2) is 26.3 Å². The first-order chi connectivity index (χ1) is 8.69. The van der Waals surface area contributed by atoms with Crippen LogP contribution in [0.4, 0.5) is 6.01 Å². The van der Waals surface area contributed by atoms with Crippen LogP contribution in [0, 0.1) is 0 Å². The molecule has 0 spiro atoms. The van der Waals surface area contributed by atoms with Gasteiger partial charge in [0, 0.05) is 6.07 Å². The van der Waals surface area contributed by atoms with E-state index in [1.807, 2.05) is 0 Å². The normalized spacial score (nSPS) is 10.2. The summed E-state index contributed by atoms with van der Waals surface area (Å²) in [7, 11) is 4.68. The molecule has 2 aromatic rings. The van der Waals surface area contributed by atoms with Crippen molar-refractivity contribution < 1.29 is 18.6 Å². The number of ether oxygens (including phenoxy) is 3. The summed E-state index contributed by atoms with van der Waals surface area (Å²) in [5, 5.41) is 0. The molecule has 96 valence electrons. The predicted octanol–water partition coefficient (Wildman–Crippen LogP) is 1.95. The Morgan fingerprint density at radius 2 is 1.61 bits per heavy atom. The lowest BCUT2D eigenvalue weighted by Gasteiger charge is -2.12. The van der Waals surface area contributed by atoms with Crippen LogP contribution in [0.3, 0.4) is 0 Å². The maximum atomic E-state index is 5.46. The highest BCUT2D eigenvalue weighted by Gasteiger charge is 2.16. The molecule has 1 aromatic heterocycles. The van der Waals surface area contributed by atoms with Crippen LogP contribution >= 0.6 is 0 Å². The van der Waals surface area contributed by atoms with Crippen molar-refractivity contribution in [3.05, 3.63) is 18.3 Å². The molecule has 6 nitrogen and oxygen atoms in total. The molecule has 18 heavy (non-hydrogen) atoms. The standard InChI is InChI=1S/C12H14N2O4/c1-15-8-5-10(17-3)9(16-2)4-7(8)11-6-14-12(13)18-11/h4-6H,1-3H3,(H2,13,14). The number of oxazole rings is 1. The van der Waals surface area contributed by atoms with Crippen molar-refractivity contribution in [2.75, 3.05) is 27.1 Å². The first-order valence-electron chi connectivity index (χ1n) is 5.21. The lowest BCUT2D eigenvalue weighted by atomic mass is 10.1. The maximum absolute atomic E-state index is 5.46. The summed E-state index contributed by atoms with van der Waals surface area (Å²) in [6, 6.07) is 3.56. The van der Waals surface area contributed by atoms with E-state index < -0.39 is 0 Å². The van der Waals surface area contributed by atoms with Gasteiger partial charge in [-0.05, 0) is 6.07 Å². The molecule has 0 atom stereocenters. The Kier molecular flexibility index (Phi) is 3.27. The highest BCUT2D eigenvalue weighted by atomic mass is 16.5. The lowest BCUT2D eigenvalue weighted by Crippen LogP contribution is -1.94. The van der Waals surface area contributed by atoms with Gasteiger partial charge in [-0.2, -0.15) is 0 Å². The molecule has 0 aliphatic heterocycles. The van der Waals surface area contributed by atoms with Crippen molar-refractivity contribution in [2.45, 2.75) is 0 Å². The number of methoxy groups -OCH3 is 3. The van der Waals surface area contributed by atoms with E-state index in [0.29, 0.717) is 28.6 Å². The van der Waals surface area contributed by atoms with Crippen LogP contribution < -0.4 is 19.9 Å². The molecule has 6 heteroatoms. The smallest absolute Gasteiger partial charge is 0.292 e. The van der Waals surface area contributed by atoms with Gasteiger partial charge >= 0.3 is 0 Å². The molecule has 0 aliphatic carbocycles. The third-order valence-corrected chi connectivity index (χ3v) is 2.49. The van der Waals surface area contributed by atoms with Crippen LogP contribution in [0.5, 0.6) is 17.2 Å². The molecular formula is C12H14N2O4. The Hall–Kier alpha value is -2.37. The predicted molar refractivity (Wildman–Crippen MR) is 66.0 cm³/mol. The van der Waals surface area contributed by atoms with Crippen molar-refractivity contribution in [1.82, 2.24) is 4.98 Å². The second-order valence-electron chi connectivity index (χ2n) is 3.47. The average Bonchev–Trinajstić information content (AvgIpc) is 2.83. The van der Waals surface area contributed by atoms with Crippen molar-refractivity contribution >= 4 is 6.01 Å². The van der Waals surface area contributed by atoms with Gasteiger partial charge in [0.1, 0.15) is 5.75 Å². The molecule has 0 aliphatic rings. The number of rotatable bonds is 4. The minimum absolute atomic E-state index is 0.0989. The van der Waals surface area contributed by atoms with Crippen LogP contribution in [0.15, 0.2) is 22.7 Å². The number of nitrogens with zero attached hydrogens (tertiary/aromatic N) is 1. The number of anilines is 1. The largest absolute Gasteiger partial charge is 0.496 e. The van der Waals surface area contributed by atoms with E-state index in [4.69, 9.17) is 24.4 Å². The lowest BCUT2D eigenvalue weighted by molar-refractivity contribution is 0.349. The molecule has 2 rings (SSSR count). The minimum Gasteiger partial charge on any atom is -0.496 e. The molecular weight excluding hydrogens is 236 g/mol. The molecule has 0 fully saturated rings. The van der Waals surface area contributed by atoms with E-state index in [1.165, 1.54) is 6.20 Å². The van der Waals surface area contributed by atoms with E-state index in [0.717, 1.165) is 0 Å². The molecule has 2 N–H and O–H groups in total. The Bertz CT molecular complexity index is 551. The molecule has 0 amide bonds. The van der Waals surface area contributed by atoms with E-state index in [-0.39, 0.29) is 6.01 Å². The van der Waals surface area contributed by atoms with Crippen molar-refractivity contribution in [3.8, 4) is 28.6 Å². The fourth-order valence-corrected chi connectivity index (χ4v) is 1.63. The monoisotopic (exact) mass is 250 g/mol. The highest BCUT2D eigenvalue weighted by molar-refractivity contribution is 5.70. The molecule has 0 saturated carbocycles. The third-order valence-electron chi connectivity index (χ3n) is 2.49. The van der Waals surface area contributed by atoms with Gasteiger partial charge in [-0.1, -0.05) is 0 Å². The highest BCUT2D eigenvalue weighted by Crippen LogP contribution is 2.40. The van der Waals surface area contributed by atoms with Gasteiger partial charge in [-0.15, -0.1) is 0 Å². The third kappa shape index (κ3) is 2.04. The molecule has 1 heterocycles. The van der Waals surface area contributed by atoms with Crippen LogP contribution in [0.1, 0.15) is 0 Å². The number of nitrogens with two attached hydrogens (primary N) is 1. The van der Waals surface area contributed by atoms with Crippen molar-refractivity contribution in [3.63, 3.8) is 0 Å². The van der Waals surface area contributed by atoms with Gasteiger partial charge in [0.2, 0.25) is 0 Å². The van der Waals surface area contributed by atoms with Gasteiger partial charge in [0.15, 0.2) is 17.3 Å². The SMILES string of the molecule is COc1cc(OC)c(-c2cnc(N)o2)cc1OC. The number of aromatic nitrogens is 1. The van der Waals surface area contributed by atoms with E-state index in [9.17, 15) is 0 Å². The summed E-state index contributed by atoms with van der Waals surface area (Å²) in [5.74, 6) is 2.24. The Labute approximate surface area is 104 Å². The first kappa shape index (κ1) is 12.1. The Balaban J connectivity index is 2.58. The van der Waals surface area contributed by atoms with Gasteiger partial charge in [-0.25, -0.2) is 4.98 Å². The quantitative estimate of drug-likeness (QED) is 0.893. The zero-order valence-electron chi connectivity index (χ0n) is 10.4. The first-order valence-corrected chi connectivity index (χ1v) is 5.21. The number of hydrogen-bond acceptors (Lipinski definition) is 6. The van der Waals surface area contributed by atoms with Crippen LogP contribution in [-0.2, 0) is 0 Å². The van der Waals surface area contributed by atoms with E-state index in [1.54, 1.807) is 33.5 Å². The van der Waals surface area contributed by atoms with E-state index >= 15 is 0 Å². The maximum Gasteiger partial charge on any atom is 0.292 e. The second kappa shape index (κ2) is 4.87. The Morgan fingerprint density at radius 3 is 2.11 bits per heavy atom. The molecule has 0 bridgehead atoms. The van der Waals surface area contributed by atoms with Gasteiger partial charge in [0.25, 0.3) is 6.01 Å².